The molecule has 1 aliphatic carbocycles. The summed E-state index contributed by atoms with van der Waals surface area (Å²) in [5.41, 5.74) is -0.189. The first kappa shape index (κ1) is 11.7. The van der Waals surface area contributed by atoms with Crippen LogP contribution in [0.4, 0.5) is 0 Å². The molecule has 1 saturated carbocycles. The van der Waals surface area contributed by atoms with Crippen molar-refractivity contribution in [3.05, 3.63) is 0 Å². The fraction of sp³-hybridized carbons (Fsp3) is 0.917. The third-order valence-electron chi connectivity index (χ3n) is 3.96. The van der Waals surface area contributed by atoms with E-state index >= 15 is 0 Å². The Morgan fingerprint density at radius 2 is 1.79 bits per heavy atom. The molecule has 0 aromatic rings. The van der Waals surface area contributed by atoms with Crippen molar-refractivity contribution in [2.24, 2.45) is 5.92 Å². The van der Waals surface area contributed by atoms with E-state index in [9.17, 15) is 4.79 Å². The molecule has 82 valence electrons. The van der Waals surface area contributed by atoms with Gasteiger partial charge in [-0.1, -0.05) is 20.3 Å². The van der Waals surface area contributed by atoms with Crippen LogP contribution in [0.1, 0.15) is 46.0 Å². The molecule has 0 heterocycles. The van der Waals surface area contributed by atoms with Gasteiger partial charge < -0.3 is 0 Å². The van der Waals surface area contributed by atoms with Crippen molar-refractivity contribution in [2.75, 3.05) is 14.1 Å². The molecule has 0 unspecified atom stereocenters. The maximum absolute atomic E-state index is 12.3. The summed E-state index contributed by atoms with van der Waals surface area (Å²) in [5, 5.41) is 0. The van der Waals surface area contributed by atoms with Crippen LogP contribution < -0.4 is 0 Å². The van der Waals surface area contributed by atoms with Crippen LogP contribution >= 0.6 is 0 Å². The number of ketones is 1. The third-order valence-corrected chi connectivity index (χ3v) is 3.96. The van der Waals surface area contributed by atoms with Crippen molar-refractivity contribution >= 4 is 5.78 Å². The molecule has 0 atom stereocenters. The van der Waals surface area contributed by atoms with Crippen molar-refractivity contribution in [1.29, 1.82) is 0 Å². The van der Waals surface area contributed by atoms with Gasteiger partial charge in [0.1, 0.15) is 0 Å². The largest absolute Gasteiger partial charge is 0.297 e. The van der Waals surface area contributed by atoms with Crippen LogP contribution in [0.25, 0.3) is 0 Å². The number of carbonyl (C=O) groups is 1. The number of nitrogens with zero attached hydrogens (tertiary/aromatic N) is 1. The lowest BCUT2D eigenvalue weighted by molar-refractivity contribution is -0.137. The second-order valence-corrected chi connectivity index (χ2v) is 4.63. The summed E-state index contributed by atoms with van der Waals surface area (Å²) in [6.45, 7) is 4.25. The topological polar surface area (TPSA) is 20.3 Å². The zero-order valence-electron chi connectivity index (χ0n) is 9.97. The molecule has 14 heavy (non-hydrogen) atoms. The van der Waals surface area contributed by atoms with Crippen molar-refractivity contribution < 1.29 is 4.79 Å². The molecule has 0 aromatic heterocycles. The number of carbonyl (C=O) groups excluding carboxylic acids is 1. The zero-order valence-corrected chi connectivity index (χ0v) is 9.97. The highest BCUT2D eigenvalue weighted by Crippen LogP contribution is 2.35. The van der Waals surface area contributed by atoms with E-state index in [0.717, 1.165) is 25.7 Å². The van der Waals surface area contributed by atoms with E-state index in [-0.39, 0.29) is 5.54 Å². The van der Waals surface area contributed by atoms with Gasteiger partial charge in [0.15, 0.2) is 5.78 Å². The number of hydrogen-bond donors (Lipinski definition) is 0. The molecule has 0 aliphatic heterocycles. The van der Waals surface area contributed by atoms with Gasteiger partial charge in [-0.2, -0.15) is 0 Å². The minimum absolute atomic E-state index is 0.189. The first-order valence-corrected chi connectivity index (χ1v) is 5.80. The Kier molecular flexibility index (Phi) is 3.71. The van der Waals surface area contributed by atoms with Gasteiger partial charge in [-0.05, 0) is 39.8 Å². The number of likely N-dealkylation sites (N-methyl/N-ethyl adjacent to an activating group) is 1. The second kappa shape index (κ2) is 4.43. The van der Waals surface area contributed by atoms with E-state index in [1.54, 1.807) is 0 Å². The molecule has 1 aliphatic rings. The summed E-state index contributed by atoms with van der Waals surface area (Å²) in [4.78, 5) is 14.4. The van der Waals surface area contributed by atoms with Crippen molar-refractivity contribution in [2.45, 2.75) is 51.5 Å². The molecule has 0 radical (unpaired) electrons. The first-order valence-electron chi connectivity index (χ1n) is 5.80. The molecule has 0 spiro atoms. The van der Waals surface area contributed by atoms with E-state index in [4.69, 9.17) is 0 Å². The Hall–Kier alpha value is -0.370. The highest BCUT2D eigenvalue weighted by molar-refractivity contribution is 5.90. The summed E-state index contributed by atoms with van der Waals surface area (Å²) in [5.74, 6) is 0.844. The molecule has 0 bridgehead atoms. The summed E-state index contributed by atoms with van der Waals surface area (Å²) in [6, 6.07) is 0. The van der Waals surface area contributed by atoms with E-state index < -0.39 is 0 Å². The van der Waals surface area contributed by atoms with Crippen LogP contribution in [0.2, 0.25) is 0 Å². The van der Waals surface area contributed by atoms with Crippen molar-refractivity contribution in [3.8, 4) is 0 Å². The fourth-order valence-electron chi connectivity index (χ4n) is 2.50. The fourth-order valence-corrected chi connectivity index (χ4v) is 2.50. The Balaban J connectivity index is 2.79. The lowest BCUT2D eigenvalue weighted by Gasteiger charge is -2.41. The lowest BCUT2D eigenvalue weighted by atomic mass is 9.72. The van der Waals surface area contributed by atoms with Crippen LogP contribution in [-0.2, 0) is 4.79 Å². The number of hydrogen-bond acceptors (Lipinski definition) is 2. The highest BCUT2D eigenvalue weighted by Gasteiger charge is 2.42. The van der Waals surface area contributed by atoms with Gasteiger partial charge >= 0.3 is 0 Å². The molecule has 0 saturated heterocycles. The Morgan fingerprint density at radius 3 is 2.00 bits per heavy atom. The van der Waals surface area contributed by atoms with Gasteiger partial charge in [-0.15, -0.1) is 0 Å². The standard InChI is InChI=1S/C12H23NO/c1-5-12(6-2,13(3)4)11(14)10-8-7-9-10/h10H,5-9H2,1-4H3. The normalized spacial score (nSPS) is 18.4. The molecule has 0 aromatic carbocycles. The highest BCUT2D eigenvalue weighted by atomic mass is 16.1. The van der Waals surface area contributed by atoms with E-state index in [1.165, 1.54) is 6.42 Å². The molecule has 1 fully saturated rings. The summed E-state index contributed by atoms with van der Waals surface area (Å²) in [7, 11) is 4.06. The number of rotatable bonds is 5. The van der Waals surface area contributed by atoms with Gasteiger partial charge in [0.2, 0.25) is 0 Å². The summed E-state index contributed by atoms with van der Waals surface area (Å²) >= 11 is 0. The van der Waals surface area contributed by atoms with Gasteiger partial charge in [0.05, 0.1) is 5.54 Å². The maximum atomic E-state index is 12.3. The van der Waals surface area contributed by atoms with Crippen molar-refractivity contribution in [1.82, 2.24) is 4.90 Å². The average Bonchev–Trinajstić information content (AvgIpc) is 2.03. The Morgan fingerprint density at radius 1 is 1.29 bits per heavy atom. The van der Waals surface area contributed by atoms with Crippen LogP contribution in [0.15, 0.2) is 0 Å². The summed E-state index contributed by atoms with van der Waals surface area (Å²) in [6.07, 6.45) is 5.36. The quantitative estimate of drug-likeness (QED) is 0.675. The second-order valence-electron chi connectivity index (χ2n) is 4.63. The lowest BCUT2D eigenvalue weighted by Crippen LogP contribution is -2.53. The molecule has 0 N–H and O–H groups in total. The van der Waals surface area contributed by atoms with E-state index in [0.29, 0.717) is 11.7 Å². The van der Waals surface area contributed by atoms with Crippen molar-refractivity contribution in [3.63, 3.8) is 0 Å². The molecule has 2 nitrogen and oxygen atoms in total. The van der Waals surface area contributed by atoms with Gasteiger partial charge in [-0.3, -0.25) is 9.69 Å². The smallest absolute Gasteiger partial charge is 0.156 e. The first-order chi connectivity index (χ1) is 6.58. The van der Waals surface area contributed by atoms with Gasteiger partial charge in [0, 0.05) is 5.92 Å². The molecule has 1 rings (SSSR count). The van der Waals surface area contributed by atoms with Crippen LogP contribution in [-0.4, -0.2) is 30.3 Å². The van der Waals surface area contributed by atoms with Gasteiger partial charge in [0.25, 0.3) is 0 Å². The number of Topliss-reactive ketones (excluding diaryl/α,β-unsaturated/α-hetero) is 1. The predicted octanol–water partition coefficient (Wildman–Crippen LogP) is 2.48. The van der Waals surface area contributed by atoms with Crippen LogP contribution in [0.3, 0.4) is 0 Å². The Bertz CT molecular complexity index is 202. The predicted molar refractivity (Wildman–Crippen MR) is 59.3 cm³/mol. The van der Waals surface area contributed by atoms with E-state index in [1.807, 2.05) is 14.1 Å². The zero-order chi connectivity index (χ0) is 10.8. The van der Waals surface area contributed by atoms with E-state index in [2.05, 4.69) is 18.7 Å². The maximum Gasteiger partial charge on any atom is 0.156 e. The molecule has 2 heteroatoms. The minimum Gasteiger partial charge on any atom is -0.297 e. The SMILES string of the molecule is CCC(CC)(C(=O)C1CCC1)N(C)C. The third kappa shape index (κ3) is 1.72. The van der Waals surface area contributed by atoms with Gasteiger partial charge in [-0.25, -0.2) is 0 Å². The average molecular weight is 197 g/mol. The van der Waals surface area contributed by atoms with Crippen LogP contribution in [0, 0.1) is 5.92 Å². The van der Waals surface area contributed by atoms with Crippen LogP contribution in [0.5, 0.6) is 0 Å². The molecule has 0 amide bonds. The Labute approximate surface area is 87.7 Å². The monoisotopic (exact) mass is 197 g/mol. The minimum atomic E-state index is -0.189. The molecular weight excluding hydrogens is 174 g/mol. The summed E-state index contributed by atoms with van der Waals surface area (Å²) < 4.78 is 0. The molecular formula is C12H23NO.